The third kappa shape index (κ3) is 4.01. The van der Waals surface area contributed by atoms with Crippen LogP contribution in [0.15, 0.2) is 53.4 Å². The number of sulfonamides is 1. The zero-order chi connectivity index (χ0) is 25.9. The molecule has 3 aromatic carbocycles. The number of rotatable bonds is 4. The molecule has 2 N–H and O–H groups in total. The van der Waals surface area contributed by atoms with E-state index in [2.05, 4.69) is 0 Å². The molecule has 2 aliphatic rings. The maximum atomic E-state index is 14.9. The first kappa shape index (κ1) is 24.3. The van der Waals surface area contributed by atoms with Crippen LogP contribution < -0.4 is 14.9 Å². The topological polar surface area (TPSA) is 83.7 Å². The summed E-state index contributed by atoms with van der Waals surface area (Å²) in [5.74, 6) is -4.13. The molecular formula is C25H21F4N3O3S. The maximum absolute atomic E-state index is 14.9. The van der Waals surface area contributed by atoms with Gasteiger partial charge in [0.1, 0.15) is 28.2 Å². The monoisotopic (exact) mass is 519 g/mol. The molecule has 1 fully saturated rings. The maximum Gasteiger partial charge on any atom is 0.241 e. The molecule has 0 unspecified atom stereocenters. The molecule has 0 bridgehead atoms. The SMILES string of the molecule is C[C@@H]1Cc2cc(F)c(S(N)(=O)=O)cc2N1C(=O)C1CN(c2cc(F)c(-c3ccccc3F)cc2F)C1. The second-order valence-corrected chi connectivity index (χ2v) is 10.6. The Morgan fingerprint density at radius 2 is 1.58 bits per heavy atom. The van der Waals surface area contributed by atoms with Crippen LogP contribution >= 0.6 is 0 Å². The number of anilines is 2. The second kappa shape index (κ2) is 8.59. The molecule has 2 heterocycles. The van der Waals surface area contributed by atoms with Gasteiger partial charge in [0.25, 0.3) is 0 Å². The smallest absolute Gasteiger partial charge is 0.241 e. The van der Waals surface area contributed by atoms with Gasteiger partial charge in [-0.1, -0.05) is 18.2 Å². The Morgan fingerprint density at radius 3 is 2.25 bits per heavy atom. The fourth-order valence-corrected chi connectivity index (χ4v) is 5.47. The second-order valence-electron chi connectivity index (χ2n) is 9.08. The highest BCUT2D eigenvalue weighted by atomic mass is 32.2. The van der Waals surface area contributed by atoms with Crippen molar-refractivity contribution in [3.63, 3.8) is 0 Å². The molecule has 0 aromatic heterocycles. The minimum Gasteiger partial charge on any atom is -0.367 e. The van der Waals surface area contributed by atoms with E-state index in [0.717, 1.165) is 30.3 Å². The average Bonchev–Trinajstić information content (AvgIpc) is 3.08. The third-order valence-electron chi connectivity index (χ3n) is 6.66. The predicted molar refractivity (Wildman–Crippen MR) is 126 cm³/mol. The summed E-state index contributed by atoms with van der Waals surface area (Å²) in [6.07, 6.45) is 0.330. The molecule has 6 nitrogen and oxygen atoms in total. The van der Waals surface area contributed by atoms with Crippen molar-refractivity contribution in [2.75, 3.05) is 22.9 Å². The van der Waals surface area contributed by atoms with Crippen molar-refractivity contribution >= 4 is 27.3 Å². The number of hydrogen-bond donors (Lipinski definition) is 1. The van der Waals surface area contributed by atoms with Crippen molar-refractivity contribution in [2.24, 2.45) is 11.1 Å². The quantitative estimate of drug-likeness (QED) is 0.529. The largest absolute Gasteiger partial charge is 0.367 e. The average molecular weight is 520 g/mol. The van der Waals surface area contributed by atoms with E-state index < -0.39 is 44.1 Å². The van der Waals surface area contributed by atoms with E-state index in [4.69, 9.17) is 5.14 Å². The molecule has 0 spiro atoms. The number of fused-ring (bicyclic) bond motifs is 1. The lowest BCUT2D eigenvalue weighted by atomic mass is 9.95. The minimum absolute atomic E-state index is 0.0508. The number of amides is 1. The lowest BCUT2D eigenvalue weighted by molar-refractivity contribution is -0.123. The molecule has 5 rings (SSSR count). The zero-order valence-corrected chi connectivity index (χ0v) is 19.8. The highest BCUT2D eigenvalue weighted by Gasteiger charge is 2.42. The summed E-state index contributed by atoms with van der Waals surface area (Å²) in [6.45, 7) is 1.94. The van der Waals surface area contributed by atoms with Gasteiger partial charge in [0.05, 0.1) is 11.6 Å². The molecule has 0 aliphatic carbocycles. The molecule has 0 saturated carbocycles. The van der Waals surface area contributed by atoms with Crippen LogP contribution in [0.1, 0.15) is 12.5 Å². The van der Waals surface area contributed by atoms with Gasteiger partial charge >= 0.3 is 0 Å². The van der Waals surface area contributed by atoms with E-state index in [-0.39, 0.29) is 47.5 Å². The summed E-state index contributed by atoms with van der Waals surface area (Å²) in [6, 6.07) is 9.17. The summed E-state index contributed by atoms with van der Waals surface area (Å²) in [7, 11) is -4.34. The van der Waals surface area contributed by atoms with Crippen molar-refractivity contribution in [2.45, 2.75) is 24.3 Å². The molecule has 1 saturated heterocycles. The van der Waals surface area contributed by atoms with Gasteiger partial charge in [0, 0.05) is 42.0 Å². The Bertz CT molecular complexity index is 1510. The predicted octanol–water partition coefficient (Wildman–Crippen LogP) is 3.97. The Kier molecular flexibility index (Phi) is 5.79. The summed E-state index contributed by atoms with van der Waals surface area (Å²) in [5.41, 5.74) is 0.429. The van der Waals surface area contributed by atoms with Gasteiger partial charge in [-0.05, 0) is 43.2 Å². The van der Waals surface area contributed by atoms with Crippen LogP contribution in [0, 0.1) is 29.2 Å². The summed E-state index contributed by atoms with van der Waals surface area (Å²) < 4.78 is 81.4. The van der Waals surface area contributed by atoms with Crippen molar-refractivity contribution in [1.82, 2.24) is 0 Å². The van der Waals surface area contributed by atoms with E-state index in [0.29, 0.717) is 12.0 Å². The normalized spacial score (nSPS) is 17.8. The molecule has 1 amide bonds. The van der Waals surface area contributed by atoms with Crippen LogP contribution in [-0.4, -0.2) is 33.5 Å². The fraction of sp³-hybridized carbons (Fsp3) is 0.240. The number of benzene rings is 3. The molecule has 188 valence electrons. The Balaban J connectivity index is 1.36. The van der Waals surface area contributed by atoms with Crippen molar-refractivity contribution in [3.8, 4) is 11.1 Å². The van der Waals surface area contributed by atoms with E-state index in [9.17, 15) is 30.8 Å². The van der Waals surface area contributed by atoms with E-state index >= 15 is 0 Å². The van der Waals surface area contributed by atoms with E-state index in [1.807, 2.05) is 0 Å². The summed E-state index contributed by atoms with van der Waals surface area (Å²) in [5, 5.41) is 5.11. The van der Waals surface area contributed by atoms with Crippen LogP contribution in [0.5, 0.6) is 0 Å². The van der Waals surface area contributed by atoms with Gasteiger partial charge in [0.2, 0.25) is 15.9 Å². The zero-order valence-electron chi connectivity index (χ0n) is 19.0. The molecule has 2 aliphatic heterocycles. The number of primary sulfonamides is 1. The number of nitrogens with two attached hydrogens (primary N) is 1. The van der Waals surface area contributed by atoms with Crippen LogP contribution in [0.4, 0.5) is 28.9 Å². The van der Waals surface area contributed by atoms with Gasteiger partial charge < -0.3 is 9.80 Å². The van der Waals surface area contributed by atoms with E-state index in [1.165, 1.54) is 28.0 Å². The number of nitrogens with zero attached hydrogens (tertiary/aromatic N) is 2. The summed E-state index contributed by atoms with van der Waals surface area (Å²) in [4.78, 5) is 15.5. The van der Waals surface area contributed by atoms with Gasteiger partial charge in [-0.25, -0.2) is 31.1 Å². The first-order valence-electron chi connectivity index (χ1n) is 11.1. The minimum atomic E-state index is -4.34. The van der Waals surface area contributed by atoms with Crippen LogP contribution in [0.3, 0.4) is 0 Å². The Morgan fingerprint density at radius 1 is 0.889 bits per heavy atom. The first-order chi connectivity index (χ1) is 17.0. The van der Waals surface area contributed by atoms with Crippen LogP contribution in [0.2, 0.25) is 0 Å². The highest BCUT2D eigenvalue weighted by molar-refractivity contribution is 7.89. The molecule has 11 heteroatoms. The number of halogens is 4. The van der Waals surface area contributed by atoms with Crippen LogP contribution in [-0.2, 0) is 21.2 Å². The highest BCUT2D eigenvalue weighted by Crippen LogP contribution is 2.39. The third-order valence-corrected chi connectivity index (χ3v) is 7.59. The molecule has 3 aromatic rings. The van der Waals surface area contributed by atoms with E-state index in [1.54, 1.807) is 6.92 Å². The standard InChI is InChI=1S/C25H21F4N3O3S/c1-13-6-14-7-21(29)24(36(30,34)35)10-22(14)32(13)25(33)15-11-31(12-15)23-9-19(27)17(8-20(23)28)16-4-2-3-5-18(16)26/h2-5,7-10,13,15H,6,11-12H2,1H3,(H2,30,34,35)/t13-/m1/s1. The Hall–Kier alpha value is -3.44. The molecule has 0 radical (unpaired) electrons. The summed E-state index contributed by atoms with van der Waals surface area (Å²) >= 11 is 0. The lowest BCUT2D eigenvalue weighted by Crippen LogP contribution is -2.56. The van der Waals surface area contributed by atoms with Gasteiger partial charge in [-0.2, -0.15) is 0 Å². The first-order valence-corrected chi connectivity index (χ1v) is 12.7. The van der Waals surface area contributed by atoms with Gasteiger partial charge in [-0.3, -0.25) is 4.79 Å². The number of carbonyl (C=O) groups is 1. The van der Waals surface area contributed by atoms with Crippen LogP contribution in [0.25, 0.3) is 11.1 Å². The number of hydrogen-bond acceptors (Lipinski definition) is 4. The van der Waals surface area contributed by atoms with Gasteiger partial charge in [0.15, 0.2) is 0 Å². The lowest BCUT2D eigenvalue weighted by Gasteiger charge is -2.42. The van der Waals surface area contributed by atoms with Crippen molar-refractivity contribution < 1.29 is 30.8 Å². The number of carbonyl (C=O) groups excluding carboxylic acids is 1. The molecule has 1 atom stereocenters. The van der Waals surface area contributed by atoms with Gasteiger partial charge in [-0.15, -0.1) is 0 Å². The van der Waals surface area contributed by atoms with Crippen molar-refractivity contribution in [1.29, 1.82) is 0 Å². The molecular weight excluding hydrogens is 498 g/mol. The Labute approximate surface area is 205 Å². The fourth-order valence-electron chi connectivity index (χ4n) is 4.87. The van der Waals surface area contributed by atoms with Crippen molar-refractivity contribution in [3.05, 3.63) is 77.4 Å². The molecule has 36 heavy (non-hydrogen) atoms.